The van der Waals surface area contributed by atoms with E-state index in [9.17, 15) is 13.2 Å². The Labute approximate surface area is 130 Å². The van der Waals surface area contributed by atoms with Gasteiger partial charge in [0.05, 0.1) is 20.0 Å². The molecule has 0 aliphatic heterocycles. The van der Waals surface area contributed by atoms with Crippen molar-refractivity contribution in [2.24, 2.45) is 0 Å². The number of carbonyl (C=O) groups is 1. The molecule has 1 aromatic rings. The predicted molar refractivity (Wildman–Crippen MR) is 81.9 cm³/mol. The molecule has 0 aliphatic carbocycles. The van der Waals surface area contributed by atoms with Crippen LogP contribution in [-0.2, 0) is 21.2 Å². The van der Waals surface area contributed by atoms with Crippen LogP contribution in [-0.4, -0.2) is 56.9 Å². The van der Waals surface area contributed by atoms with Crippen LogP contribution in [0.25, 0.3) is 0 Å². The summed E-state index contributed by atoms with van der Waals surface area (Å²) in [5.74, 6) is -0.186. The van der Waals surface area contributed by atoms with E-state index in [0.29, 0.717) is 17.9 Å². The number of methoxy groups -OCH3 is 2. The molecule has 0 heterocycles. The van der Waals surface area contributed by atoms with Gasteiger partial charge in [0.2, 0.25) is 10.0 Å². The Morgan fingerprint density at radius 3 is 2.36 bits per heavy atom. The van der Waals surface area contributed by atoms with Gasteiger partial charge in [-0.15, -0.1) is 0 Å². The Kier molecular flexibility index (Phi) is 6.63. The van der Waals surface area contributed by atoms with Crippen LogP contribution in [0.1, 0.15) is 12.5 Å². The first-order valence-electron chi connectivity index (χ1n) is 6.74. The third-order valence-electron chi connectivity index (χ3n) is 3.17. The summed E-state index contributed by atoms with van der Waals surface area (Å²) >= 11 is 0. The molecule has 0 radical (unpaired) electrons. The fourth-order valence-corrected chi connectivity index (χ4v) is 2.98. The molecule has 0 spiro atoms. The minimum Gasteiger partial charge on any atom is -0.493 e. The van der Waals surface area contributed by atoms with Gasteiger partial charge in [-0.2, -0.15) is 4.31 Å². The molecular weight excluding hydrogens is 310 g/mol. The minimum atomic E-state index is -3.56. The van der Waals surface area contributed by atoms with E-state index in [2.05, 4.69) is 0 Å². The van der Waals surface area contributed by atoms with Crippen molar-refractivity contribution >= 4 is 16.0 Å². The molecule has 8 heteroatoms. The second kappa shape index (κ2) is 8.00. The molecule has 0 bridgehead atoms. The summed E-state index contributed by atoms with van der Waals surface area (Å²) in [7, 11) is -0.516. The number of hydrogen-bond acceptors (Lipinski definition) is 5. The van der Waals surface area contributed by atoms with Gasteiger partial charge >= 0.3 is 5.97 Å². The first-order valence-corrected chi connectivity index (χ1v) is 8.35. The molecule has 0 saturated carbocycles. The molecule has 124 valence electrons. The van der Waals surface area contributed by atoms with E-state index in [4.69, 9.17) is 14.6 Å². The molecule has 0 atom stereocenters. The average Bonchev–Trinajstić information content (AvgIpc) is 2.50. The zero-order valence-corrected chi connectivity index (χ0v) is 13.7. The molecule has 22 heavy (non-hydrogen) atoms. The van der Waals surface area contributed by atoms with Gasteiger partial charge in [0, 0.05) is 6.54 Å². The van der Waals surface area contributed by atoms with Gasteiger partial charge < -0.3 is 14.6 Å². The zero-order chi connectivity index (χ0) is 16.8. The third-order valence-corrected chi connectivity index (χ3v) is 5.00. The second-order valence-corrected chi connectivity index (χ2v) is 6.82. The van der Waals surface area contributed by atoms with E-state index in [-0.39, 0.29) is 12.3 Å². The lowest BCUT2D eigenvalue weighted by molar-refractivity contribution is -0.137. The molecule has 7 nitrogen and oxygen atoms in total. The summed E-state index contributed by atoms with van der Waals surface area (Å²) in [5, 5.41) is 8.85. The van der Waals surface area contributed by atoms with Gasteiger partial charge in [0.15, 0.2) is 11.5 Å². The van der Waals surface area contributed by atoms with E-state index in [0.717, 1.165) is 9.87 Å². The fourth-order valence-electron chi connectivity index (χ4n) is 1.94. The molecule has 0 aromatic heterocycles. The Bertz CT molecular complexity index is 614. The maximum atomic E-state index is 11.9. The second-order valence-electron chi connectivity index (χ2n) is 4.57. The lowest BCUT2D eigenvalue weighted by atomic mass is 10.1. The SMILES string of the molecule is CCS(=O)(=O)N(CCc1ccc(OC)c(OC)c1)CC(=O)O. The smallest absolute Gasteiger partial charge is 0.318 e. The van der Waals surface area contributed by atoms with Crippen molar-refractivity contribution < 1.29 is 27.8 Å². The minimum absolute atomic E-state index is 0.0952. The number of carboxylic acids is 1. The van der Waals surface area contributed by atoms with Gasteiger partial charge in [-0.1, -0.05) is 6.07 Å². The van der Waals surface area contributed by atoms with Gasteiger partial charge in [-0.3, -0.25) is 4.79 Å². The van der Waals surface area contributed by atoms with Crippen molar-refractivity contribution in [2.75, 3.05) is 33.1 Å². The zero-order valence-electron chi connectivity index (χ0n) is 12.9. The number of sulfonamides is 1. The molecule has 1 rings (SSSR count). The number of rotatable bonds is 9. The summed E-state index contributed by atoms with van der Waals surface area (Å²) in [5.41, 5.74) is 0.833. The van der Waals surface area contributed by atoms with Crippen LogP contribution in [0.15, 0.2) is 18.2 Å². The standard InChI is InChI=1S/C14H21NO6S/c1-4-22(18,19)15(10-14(16)17)8-7-11-5-6-12(20-2)13(9-11)21-3/h5-6,9H,4,7-8,10H2,1-3H3,(H,16,17). The van der Waals surface area contributed by atoms with E-state index < -0.39 is 22.5 Å². The van der Waals surface area contributed by atoms with Crippen molar-refractivity contribution in [3.8, 4) is 11.5 Å². The summed E-state index contributed by atoms with van der Waals surface area (Å²) in [6.45, 7) is 1.04. The highest BCUT2D eigenvalue weighted by Crippen LogP contribution is 2.27. The molecule has 0 fully saturated rings. The van der Waals surface area contributed by atoms with Crippen LogP contribution in [0, 0.1) is 0 Å². The number of carboxylic acid groups (broad SMARTS) is 1. The highest BCUT2D eigenvalue weighted by Gasteiger charge is 2.22. The van der Waals surface area contributed by atoms with Crippen LogP contribution in [0.4, 0.5) is 0 Å². The van der Waals surface area contributed by atoms with E-state index in [1.165, 1.54) is 21.1 Å². The Hall–Kier alpha value is -1.80. The summed E-state index contributed by atoms with van der Waals surface area (Å²) in [4.78, 5) is 10.8. The lowest BCUT2D eigenvalue weighted by Gasteiger charge is -2.19. The topological polar surface area (TPSA) is 93.1 Å². The first kappa shape index (κ1) is 18.2. The highest BCUT2D eigenvalue weighted by atomic mass is 32.2. The van der Waals surface area contributed by atoms with Crippen molar-refractivity contribution in [1.82, 2.24) is 4.31 Å². The van der Waals surface area contributed by atoms with Crippen LogP contribution in [0.5, 0.6) is 11.5 Å². The van der Waals surface area contributed by atoms with Crippen molar-refractivity contribution in [3.05, 3.63) is 23.8 Å². The van der Waals surface area contributed by atoms with Crippen LogP contribution >= 0.6 is 0 Å². The lowest BCUT2D eigenvalue weighted by Crippen LogP contribution is -2.38. The normalized spacial score (nSPS) is 11.5. The van der Waals surface area contributed by atoms with E-state index in [1.807, 2.05) is 0 Å². The van der Waals surface area contributed by atoms with Gasteiger partial charge in [-0.25, -0.2) is 8.42 Å². The molecular formula is C14H21NO6S. The maximum Gasteiger partial charge on any atom is 0.318 e. The summed E-state index contributed by atoms with van der Waals surface area (Å²) < 4.78 is 35.1. The van der Waals surface area contributed by atoms with Crippen LogP contribution in [0.2, 0.25) is 0 Å². The molecule has 0 aliphatic rings. The molecule has 0 unspecified atom stereocenters. The number of ether oxygens (including phenoxy) is 2. The Balaban J connectivity index is 2.87. The molecule has 0 saturated heterocycles. The highest BCUT2D eigenvalue weighted by molar-refractivity contribution is 7.89. The maximum absolute atomic E-state index is 11.9. The fraction of sp³-hybridized carbons (Fsp3) is 0.500. The largest absolute Gasteiger partial charge is 0.493 e. The summed E-state index contributed by atoms with van der Waals surface area (Å²) in [6.07, 6.45) is 0.382. The van der Waals surface area contributed by atoms with Crippen LogP contribution < -0.4 is 9.47 Å². The Morgan fingerprint density at radius 1 is 1.23 bits per heavy atom. The van der Waals surface area contributed by atoms with Gasteiger partial charge in [0.25, 0.3) is 0 Å². The Morgan fingerprint density at radius 2 is 1.86 bits per heavy atom. The van der Waals surface area contributed by atoms with Crippen molar-refractivity contribution in [2.45, 2.75) is 13.3 Å². The van der Waals surface area contributed by atoms with Gasteiger partial charge in [-0.05, 0) is 31.0 Å². The molecule has 1 aromatic carbocycles. The van der Waals surface area contributed by atoms with Gasteiger partial charge in [0.1, 0.15) is 6.54 Å². The van der Waals surface area contributed by atoms with Crippen molar-refractivity contribution in [3.63, 3.8) is 0 Å². The number of hydrogen-bond donors (Lipinski definition) is 1. The summed E-state index contributed by atoms with van der Waals surface area (Å²) in [6, 6.07) is 5.26. The number of nitrogens with zero attached hydrogens (tertiary/aromatic N) is 1. The molecule has 0 amide bonds. The first-order chi connectivity index (χ1) is 10.3. The van der Waals surface area contributed by atoms with Crippen LogP contribution in [0.3, 0.4) is 0 Å². The van der Waals surface area contributed by atoms with Crippen molar-refractivity contribution in [1.29, 1.82) is 0 Å². The van der Waals surface area contributed by atoms with E-state index >= 15 is 0 Å². The average molecular weight is 331 g/mol. The third kappa shape index (κ3) is 4.88. The monoisotopic (exact) mass is 331 g/mol. The number of aliphatic carboxylic acids is 1. The number of benzene rings is 1. The quantitative estimate of drug-likeness (QED) is 0.725. The van der Waals surface area contributed by atoms with E-state index in [1.54, 1.807) is 18.2 Å². The molecule has 1 N–H and O–H groups in total. The predicted octanol–water partition coefficient (Wildman–Crippen LogP) is 0.983.